The topological polar surface area (TPSA) is 72.9 Å². The lowest BCUT2D eigenvalue weighted by Crippen LogP contribution is -2.42. The highest BCUT2D eigenvalue weighted by Crippen LogP contribution is 2.37. The second-order valence-corrected chi connectivity index (χ2v) is 6.65. The highest BCUT2D eigenvalue weighted by molar-refractivity contribution is 8.18. The van der Waals surface area contributed by atoms with E-state index < -0.39 is 23.2 Å². The lowest BCUT2D eigenvalue weighted by atomic mass is 10.0. The smallest absolute Gasteiger partial charge is 0.328 e. The number of amides is 2. The van der Waals surface area contributed by atoms with Crippen molar-refractivity contribution in [1.82, 2.24) is 4.90 Å². The van der Waals surface area contributed by atoms with Crippen LogP contribution in [0, 0.1) is 0 Å². The summed E-state index contributed by atoms with van der Waals surface area (Å²) in [6.07, 6.45) is 1.63. The van der Waals surface area contributed by atoms with Crippen LogP contribution in [0.5, 0.6) is 5.75 Å². The summed E-state index contributed by atoms with van der Waals surface area (Å²) in [5.74, 6) is -0.569. The second-order valence-electron chi connectivity index (χ2n) is 5.65. The molecule has 6 nitrogen and oxygen atoms in total. The maximum atomic E-state index is 12.7. The first-order chi connectivity index (χ1) is 12.5. The number of hydrogen-bond acceptors (Lipinski definition) is 6. The summed E-state index contributed by atoms with van der Waals surface area (Å²) in [7, 11) is 2.77. The van der Waals surface area contributed by atoms with E-state index in [1.807, 2.05) is 36.4 Å². The third-order valence-electron chi connectivity index (χ3n) is 4.18. The SMILES string of the molecule is COC(=O)[C@@H](C)N1C(=O)S/C(=C\c2c(OC)ccc3ccccc23)C1=O. The van der Waals surface area contributed by atoms with Crippen molar-refractivity contribution in [2.75, 3.05) is 14.2 Å². The Morgan fingerprint density at radius 2 is 1.88 bits per heavy atom. The van der Waals surface area contributed by atoms with Crippen LogP contribution in [0.25, 0.3) is 16.8 Å². The Morgan fingerprint density at radius 3 is 2.58 bits per heavy atom. The molecular formula is C19H17NO5S. The summed E-state index contributed by atoms with van der Waals surface area (Å²) in [4.78, 5) is 37.8. The van der Waals surface area contributed by atoms with Gasteiger partial charge in [0.1, 0.15) is 11.8 Å². The van der Waals surface area contributed by atoms with Gasteiger partial charge in [-0.2, -0.15) is 0 Å². The second kappa shape index (κ2) is 7.21. The van der Waals surface area contributed by atoms with Crippen molar-refractivity contribution in [3.63, 3.8) is 0 Å². The molecule has 0 unspecified atom stereocenters. The van der Waals surface area contributed by atoms with E-state index in [-0.39, 0.29) is 4.91 Å². The van der Waals surface area contributed by atoms with Crippen LogP contribution in [0.1, 0.15) is 12.5 Å². The third-order valence-corrected chi connectivity index (χ3v) is 5.06. The molecule has 7 heteroatoms. The number of fused-ring (bicyclic) bond motifs is 1. The van der Waals surface area contributed by atoms with E-state index >= 15 is 0 Å². The highest BCUT2D eigenvalue weighted by Gasteiger charge is 2.41. The van der Waals surface area contributed by atoms with Gasteiger partial charge in [0.2, 0.25) is 0 Å². The summed E-state index contributed by atoms with van der Waals surface area (Å²) in [5.41, 5.74) is 0.710. The molecular weight excluding hydrogens is 354 g/mol. The zero-order chi connectivity index (χ0) is 18.8. The predicted octanol–water partition coefficient (Wildman–Crippen LogP) is 3.45. The number of thioether (sulfide) groups is 1. The number of methoxy groups -OCH3 is 2. The minimum atomic E-state index is -0.979. The number of carbonyl (C=O) groups is 3. The Kier molecular flexibility index (Phi) is 4.99. The summed E-state index contributed by atoms with van der Waals surface area (Å²) < 4.78 is 10.1. The molecule has 0 N–H and O–H groups in total. The van der Waals surface area contributed by atoms with Crippen molar-refractivity contribution in [3.8, 4) is 5.75 Å². The average Bonchev–Trinajstić information content (AvgIpc) is 2.94. The van der Waals surface area contributed by atoms with Gasteiger partial charge in [-0.1, -0.05) is 30.3 Å². The van der Waals surface area contributed by atoms with Gasteiger partial charge in [-0.15, -0.1) is 0 Å². The first-order valence-corrected chi connectivity index (χ1v) is 8.70. The number of esters is 1. The first kappa shape index (κ1) is 18.0. The Bertz CT molecular complexity index is 937. The van der Waals surface area contributed by atoms with Crippen molar-refractivity contribution in [2.45, 2.75) is 13.0 Å². The van der Waals surface area contributed by atoms with E-state index in [0.717, 1.165) is 27.4 Å². The van der Waals surface area contributed by atoms with E-state index in [1.54, 1.807) is 13.2 Å². The van der Waals surface area contributed by atoms with Crippen LogP contribution < -0.4 is 4.74 Å². The Labute approximate surface area is 154 Å². The van der Waals surface area contributed by atoms with E-state index in [2.05, 4.69) is 4.74 Å². The van der Waals surface area contributed by atoms with Gasteiger partial charge in [-0.05, 0) is 41.6 Å². The van der Waals surface area contributed by atoms with Crippen LogP contribution in [-0.2, 0) is 14.3 Å². The van der Waals surface area contributed by atoms with Gasteiger partial charge in [-0.3, -0.25) is 14.5 Å². The van der Waals surface area contributed by atoms with Crippen LogP contribution in [0.15, 0.2) is 41.3 Å². The lowest BCUT2D eigenvalue weighted by Gasteiger charge is -2.18. The first-order valence-electron chi connectivity index (χ1n) is 7.88. The lowest BCUT2D eigenvalue weighted by molar-refractivity contribution is -0.148. The molecule has 1 atom stereocenters. The van der Waals surface area contributed by atoms with Crippen LogP contribution in [0.2, 0.25) is 0 Å². The van der Waals surface area contributed by atoms with Crippen molar-refractivity contribution in [3.05, 3.63) is 46.9 Å². The van der Waals surface area contributed by atoms with E-state index in [1.165, 1.54) is 14.0 Å². The van der Waals surface area contributed by atoms with Gasteiger partial charge in [-0.25, -0.2) is 4.79 Å². The van der Waals surface area contributed by atoms with Crippen molar-refractivity contribution < 1.29 is 23.9 Å². The predicted molar refractivity (Wildman–Crippen MR) is 99.8 cm³/mol. The molecule has 0 bridgehead atoms. The Morgan fingerprint density at radius 1 is 1.15 bits per heavy atom. The van der Waals surface area contributed by atoms with Crippen molar-refractivity contribution >= 4 is 45.7 Å². The van der Waals surface area contributed by atoms with E-state index in [4.69, 9.17) is 4.74 Å². The van der Waals surface area contributed by atoms with Gasteiger partial charge in [0.05, 0.1) is 19.1 Å². The zero-order valence-electron chi connectivity index (χ0n) is 14.5. The number of imide groups is 1. The van der Waals surface area contributed by atoms with Crippen LogP contribution in [-0.4, -0.2) is 42.3 Å². The Hall–Kier alpha value is -2.80. The molecule has 26 heavy (non-hydrogen) atoms. The summed E-state index contributed by atoms with van der Waals surface area (Å²) >= 11 is 0.796. The fraction of sp³-hybridized carbons (Fsp3) is 0.211. The molecule has 0 saturated carbocycles. The average molecular weight is 371 g/mol. The van der Waals surface area contributed by atoms with Crippen LogP contribution in [0.4, 0.5) is 4.79 Å². The molecule has 2 aromatic carbocycles. The minimum Gasteiger partial charge on any atom is -0.496 e. The standard InChI is InChI=1S/C19H17NO5S/c1-11(18(22)25-3)20-17(21)16(26-19(20)23)10-14-13-7-5-4-6-12(13)8-9-15(14)24-2/h4-11H,1-3H3/b16-10-/t11-/m1/s1. The number of nitrogens with zero attached hydrogens (tertiary/aromatic N) is 1. The maximum Gasteiger partial charge on any atom is 0.328 e. The molecule has 2 amide bonds. The molecule has 1 heterocycles. The summed E-state index contributed by atoms with van der Waals surface area (Å²) in [6, 6.07) is 10.5. The van der Waals surface area contributed by atoms with Crippen LogP contribution in [0.3, 0.4) is 0 Å². The number of carbonyl (C=O) groups excluding carboxylic acids is 3. The van der Waals surface area contributed by atoms with Gasteiger partial charge in [0.25, 0.3) is 11.1 Å². The summed E-state index contributed by atoms with van der Waals surface area (Å²) in [6.45, 7) is 1.46. The molecule has 0 aliphatic carbocycles. The van der Waals surface area contributed by atoms with E-state index in [0.29, 0.717) is 11.3 Å². The van der Waals surface area contributed by atoms with Gasteiger partial charge in [0, 0.05) is 5.56 Å². The molecule has 1 aliphatic rings. The highest BCUT2D eigenvalue weighted by atomic mass is 32.2. The molecule has 1 fully saturated rings. The molecule has 0 radical (unpaired) electrons. The minimum absolute atomic E-state index is 0.236. The molecule has 3 rings (SSSR count). The van der Waals surface area contributed by atoms with Gasteiger partial charge < -0.3 is 9.47 Å². The fourth-order valence-electron chi connectivity index (χ4n) is 2.82. The largest absolute Gasteiger partial charge is 0.496 e. The fourth-order valence-corrected chi connectivity index (χ4v) is 3.71. The molecule has 1 saturated heterocycles. The number of hydrogen-bond donors (Lipinski definition) is 0. The monoisotopic (exact) mass is 371 g/mol. The number of rotatable bonds is 4. The molecule has 134 valence electrons. The molecule has 2 aromatic rings. The number of benzene rings is 2. The van der Waals surface area contributed by atoms with E-state index in [9.17, 15) is 14.4 Å². The van der Waals surface area contributed by atoms with Crippen molar-refractivity contribution in [2.24, 2.45) is 0 Å². The van der Waals surface area contributed by atoms with Gasteiger partial charge in [0.15, 0.2) is 0 Å². The normalized spacial score (nSPS) is 17.0. The number of ether oxygens (including phenoxy) is 2. The zero-order valence-corrected chi connectivity index (χ0v) is 15.3. The van der Waals surface area contributed by atoms with Crippen LogP contribution >= 0.6 is 11.8 Å². The molecule has 1 aliphatic heterocycles. The van der Waals surface area contributed by atoms with Gasteiger partial charge >= 0.3 is 5.97 Å². The quantitative estimate of drug-likeness (QED) is 0.605. The maximum absolute atomic E-state index is 12.7. The molecule has 0 spiro atoms. The van der Waals surface area contributed by atoms with Crippen molar-refractivity contribution in [1.29, 1.82) is 0 Å². The molecule has 0 aromatic heterocycles. The Balaban J connectivity index is 2.06. The third kappa shape index (κ3) is 3.06. The summed E-state index contributed by atoms with van der Waals surface area (Å²) in [5, 5.41) is 1.39.